The van der Waals surface area contributed by atoms with Crippen LogP contribution in [0.25, 0.3) is 0 Å². The minimum Gasteiger partial charge on any atom is -0.268 e. The third kappa shape index (κ3) is 2.05. The summed E-state index contributed by atoms with van der Waals surface area (Å²) in [6.07, 6.45) is -4.92. The first-order chi connectivity index (χ1) is 10.3. The molecule has 2 amide bonds. The molecule has 0 bridgehead atoms. The van der Waals surface area contributed by atoms with Gasteiger partial charge in [-0.15, -0.1) is 0 Å². The zero-order valence-electron chi connectivity index (χ0n) is 10.8. The Balaban J connectivity index is 2.11. The molecule has 0 radical (unpaired) electrons. The molecule has 3 rings (SSSR count). The van der Waals surface area contributed by atoms with Crippen molar-refractivity contribution >= 4 is 17.5 Å². The maximum atomic E-state index is 13.3. The fourth-order valence-electron chi connectivity index (χ4n) is 2.29. The third-order valence-corrected chi connectivity index (χ3v) is 3.31. The maximum absolute atomic E-state index is 13.3. The standard InChI is InChI=1S/C15H7F4NO2/c16-12-6-5-8(7-11(12)15(17,18)19)20-13(21)9-3-1-2-4-10(9)14(20)22/h1-7H. The number of carbonyl (C=O) groups is 2. The molecule has 0 unspecified atom stereocenters. The molecule has 1 aliphatic rings. The highest BCUT2D eigenvalue weighted by molar-refractivity contribution is 6.34. The van der Waals surface area contributed by atoms with Gasteiger partial charge in [0.1, 0.15) is 5.82 Å². The zero-order chi connectivity index (χ0) is 16.1. The van der Waals surface area contributed by atoms with Gasteiger partial charge in [-0.1, -0.05) is 12.1 Å². The van der Waals surface area contributed by atoms with E-state index in [0.29, 0.717) is 17.0 Å². The van der Waals surface area contributed by atoms with Crippen LogP contribution < -0.4 is 4.90 Å². The number of hydrogen-bond donors (Lipinski definition) is 0. The van der Waals surface area contributed by atoms with Crippen LogP contribution in [-0.4, -0.2) is 11.8 Å². The van der Waals surface area contributed by atoms with E-state index in [0.717, 1.165) is 6.07 Å². The lowest BCUT2D eigenvalue weighted by atomic mass is 10.1. The van der Waals surface area contributed by atoms with E-state index < -0.39 is 29.4 Å². The van der Waals surface area contributed by atoms with Gasteiger partial charge in [0.15, 0.2) is 0 Å². The molecular formula is C15H7F4NO2. The predicted molar refractivity (Wildman–Crippen MR) is 69.0 cm³/mol. The van der Waals surface area contributed by atoms with Crippen molar-refractivity contribution in [1.82, 2.24) is 0 Å². The molecule has 1 heterocycles. The zero-order valence-corrected chi connectivity index (χ0v) is 10.8. The summed E-state index contributed by atoms with van der Waals surface area (Å²) in [5.74, 6) is -2.94. The topological polar surface area (TPSA) is 37.4 Å². The van der Waals surface area contributed by atoms with Crippen molar-refractivity contribution < 1.29 is 27.2 Å². The Bertz CT molecular complexity index is 763. The molecule has 3 nitrogen and oxygen atoms in total. The number of halogens is 4. The minimum atomic E-state index is -4.92. The highest BCUT2D eigenvalue weighted by Crippen LogP contribution is 2.36. The van der Waals surface area contributed by atoms with Gasteiger partial charge in [-0.25, -0.2) is 9.29 Å². The SMILES string of the molecule is O=C1c2ccccc2C(=O)N1c1ccc(F)c(C(F)(F)F)c1. The van der Waals surface area contributed by atoms with E-state index in [4.69, 9.17) is 0 Å². The molecule has 7 heteroatoms. The van der Waals surface area contributed by atoms with Gasteiger partial charge in [0.05, 0.1) is 22.4 Å². The molecule has 0 fully saturated rings. The van der Waals surface area contributed by atoms with E-state index in [-0.39, 0.29) is 16.8 Å². The highest BCUT2D eigenvalue weighted by Gasteiger charge is 2.39. The number of carbonyl (C=O) groups excluding carboxylic acids is 2. The molecule has 0 spiro atoms. The van der Waals surface area contributed by atoms with Crippen molar-refractivity contribution in [3.8, 4) is 0 Å². The van der Waals surface area contributed by atoms with Gasteiger partial charge in [-0.3, -0.25) is 9.59 Å². The van der Waals surface area contributed by atoms with Crippen LogP contribution in [0.5, 0.6) is 0 Å². The molecule has 1 aliphatic heterocycles. The largest absolute Gasteiger partial charge is 0.419 e. The first-order valence-corrected chi connectivity index (χ1v) is 6.15. The van der Waals surface area contributed by atoms with Crippen LogP contribution in [0.2, 0.25) is 0 Å². The van der Waals surface area contributed by atoms with Crippen molar-refractivity contribution in [2.75, 3.05) is 4.90 Å². The van der Waals surface area contributed by atoms with Gasteiger partial charge in [0.25, 0.3) is 11.8 Å². The van der Waals surface area contributed by atoms with Gasteiger partial charge < -0.3 is 0 Å². The van der Waals surface area contributed by atoms with E-state index in [1.165, 1.54) is 12.1 Å². The van der Waals surface area contributed by atoms with Crippen LogP contribution >= 0.6 is 0 Å². The molecule has 0 saturated carbocycles. The van der Waals surface area contributed by atoms with Crippen molar-refractivity contribution in [1.29, 1.82) is 0 Å². The summed E-state index contributed by atoms with van der Waals surface area (Å²) in [5.41, 5.74) is -1.64. The van der Waals surface area contributed by atoms with Gasteiger partial charge >= 0.3 is 6.18 Å². The van der Waals surface area contributed by atoms with Gasteiger partial charge in [-0.05, 0) is 30.3 Å². The average molecular weight is 309 g/mol. The van der Waals surface area contributed by atoms with Gasteiger partial charge in [0, 0.05) is 0 Å². The molecule has 2 aromatic rings. The van der Waals surface area contributed by atoms with Gasteiger partial charge in [-0.2, -0.15) is 13.2 Å². The number of fused-ring (bicyclic) bond motifs is 1. The van der Waals surface area contributed by atoms with Crippen LogP contribution in [0, 0.1) is 5.82 Å². The Kier molecular flexibility index (Phi) is 3.01. The van der Waals surface area contributed by atoms with E-state index >= 15 is 0 Å². The van der Waals surface area contributed by atoms with Crippen molar-refractivity contribution in [3.63, 3.8) is 0 Å². The summed E-state index contributed by atoms with van der Waals surface area (Å²) in [6.45, 7) is 0. The molecule has 0 atom stereocenters. The Morgan fingerprint density at radius 3 is 1.91 bits per heavy atom. The number of imide groups is 1. The highest BCUT2D eigenvalue weighted by atomic mass is 19.4. The molecule has 112 valence electrons. The maximum Gasteiger partial charge on any atom is 0.419 e. The Morgan fingerprint density at radius 1 is 0.864 bits per heavy atom. The number of benzene rings is 2. The first-order valence-electron chi connectivity index (χ1n) is 6.15. The summed E-state index contributed by atoms with van der Waals surface area (Å²) in [4.78, 5) is 25.0. The van der Waals surface area contributed by atoms with Crippen LogP contribution in [0.1, 0.15) is 26.3 Å². The number of alkyl halides is 3. The summed E-state index contributed by atoms with van der Waals surface area (Å²) in [7, 11) is 0. The monoisotopic (exact) mass is 309 g/mol. The van der Waals surface area contributed by atoms with Crippen LogP contribution in [-0.2, 0) is 6.18 Å². The summed E-state index contributed by atoms with van der Waals surface area (Å²) in [5, 5.41) is 0. The molecule has 0 aliphatic carbocycles. The minimum absolute atomic E-state index is 0.102. The molecule has 22 heavy (non-hydrogen) atoms. The van der Waals surface area contributed by atoms with Crippen LogP contribution in [0.3, 0.4) is 0 Å². The summed E-state index contributed by atoms with van der Waals surface area (Å²) in [6, 6.07) is 7.90. The molecule has 0 N–H and O–H groups in total. The number of anilines is 1. The lowest BCUT2D eigenvalue weighted by Gasteiger charge is -2.16. The molecule has 0 aromatic heterocycles. The molecular weight excluding hydrogens is 302 g/mol. The number of rotatable bonds is 1. The normalized spacial score (nSPS) is 14.5. The number of hydrogen-bond acceptors (Lipinski definition) is 2. The van der Waals surface area contributed by atoms with Crippen molar-refractivity contribution in [2.45, 2.75) is 6.18 Å². The molecule has 0 saturated heterocycles. The lowest BCUT2D eigenvalue weighted by molar-refractivity contribution is -0.139. The van der Waals surface area contributed by atoms with Crippen molar-refractivity contribution in [2.24, 2.45) is 0 Å². The second kappa shape index (κ2) is 4.66. The average Bonchev–Trinajstić information content (AvgIpc) is 2.71. The van der Waals surface area contributed by atoms with E-state index in [2.05, 4.69) is 0 Å². The second-order valence-electron chi connectivity index (χ2n) is 4.65. The smallest absolute Gasteiger partial charge is 0.268 e. The Labute approximate surface area is 121 Å². The Hall–Kier alpha value is -2.70. The van der Waals surface area contributed by atoms with Crippen LogP contribution in [0.15, 0.2) is 42.5 Å². The third-order valence-electron chi connectivity index (χ3n) is 3.31. The van der Waals surface area contributed by atoms with Crippen LogP contribution in [0.4, 0.5) is 23.2 Å². The second-order valence-corrected chi connectivity index (χ2v) is 4.65. The number of nitrogens with zero attached hydrogens (tertiary/aromatic N) is 1. The predicted octanol–water partition coefficient (Wildman–Crippen LogP) is 3.65. The summed E-state index contributed by atoms with van der Waals surface area (Å²) >= 11 is 0. The quantitative estimate of drug-likeness (QED) is 0.596. The Morgan fingerprint density at radius 2 is 1.41 bits per heavy atom. The van der Waals surface area contributed by atoms with Crippen molar-refractivity contribution in [3.05, 3.63) is 65.0 Å². The van der Waals surface area contributed by atoms with E-state index in [1.54, 1.807) is 12.1 Å². The fourth-order valence-corrected chi connectivity index (χ4v) is 2.29. The fraction of sp³-hybridized carbons (Fsp3) is 0.0667. The van der Waals surface area contributed by atoms with E-state index in [9.17, 15) is 27.2 Å². The van der Waals surface area contributed by atoms with E-state index in [1.807, 2.05) is 0 Å². The molecule has 2 aromatic carbocycles. The summed E-state index contributed by atoms with van der Waals surface area (Å²) < 4.78 is 51.5. The number of amides is 2. The first kappa shape index (κ1) is 14.2. The van der Waals surface area contributed by atoms with Gasteiger partial charge in [0.2, 0.25) is 0 Å². The lowest BCUT2D eigenvalue weighted by Crippen LogP contribution is -2.29.